The summed E-state index contributed by atoms with van der Waals surface area (Å²) in [6.07, 6.45) is 3.61. The topological polar surface area (TPSA) is 46.5 Å². The van der Waals surface area contributed by atoms with Gasteiger partial charge in [0.25, 0.3) is 0 Å². The van der Waals surface area contributed by atoms with E-state index in [0.29, 0.717) is 16.7 Å². The van der Waals surface area contributed by atoms with Crippen LogP contribution in [0, 0.1) is 6.92 Å². The normalized spacial score (nSPS) is 10.6. The van der Waals surface area contributed by atoms with Crippen molar-refractivity contribution < 1.29 is 14.6 Å². The molecule has 15 heavy (non-hydrogen) atoms. The minimum atomic E-state index is -0.435. The van der Waals surface area contributed by atoms with Crippen molar-refractivity contribution in [2.75, 3.05) is 7.11 Å². The predicted octanol–water partition coefficient (Wildman–Crippen LogP) is 2.52. The summed E-state index contributed by atoms with van der Waals surface area (Å²) in [6, 6.07) is 3.34. The average Bonchev–Trinajstić information content (AvgIpc) is 2.24. The molecule has 0 spiro atoms. The van der Waals surface area contributed by atoms with E-state index in [-0.39, 0.29) is 5.75 Å². The molecule has 1 aromatic rings. The Bertz CT molecular complexity index is 406. The fraction of sp³-hybridized carbons (Fsp3) is 0.250. The van der Waals surface area contributed by atoms with Crippen molar-refractivity contribution in [1.29, 1.82) is 0 Å². The zero-order valence-electron chi connectivity index (χ0n) is 9.07. The molecule has 0 atom stereocenters. The minimum Gasteiger partial charge on any atom is -0.507 e. The van der Waals surface area contributed by atoms with Crippen LogP contribution in [-0.4, -0.2) is 18.2 Å². The highest BCUT2D eigenvalue weighted by Gasteiger charge is 2.13. The molecule has 0 saturated heterocycles. The monoisotopic (exact) mass is 206 g/mol. The van der Waals surface area contributed by atoms with E-state index in [2.05, 4.69) is 4.74 Å². The van der Waals surface area contributed by atoms with Gasteiger partial charge in [-0.1, -0.05) is 18.2 Å². The number of carbonyl (C=O) groups excluding carboxylic acids is 1. The number of esters is 1. The Morgan fingerprint density at radius 2 is 2.13 bits per heavy atom. The van der Waals surface area contributed by atoms with E-state index in [4.69, 9.17) is 0 Å². The Balaban J connectivity index is 3.27. The van der Waals surface area contributed by atoms with Gasteiger partial charge >= 0.3 is 5.97 Å². The lowest BCUT2D eigenvalue weighted by Gasteiger charge is -2.08. The number of aromatic hydroxyl groups is 1. The molecule has 0 unspecified atom stereocenters. The van der Waals surface area contributed by atoms with Gasteiger partial charge in [-0.05, 0) is 19.9 Å². The van der Waals surface area contributed by atoms with E-state index in [0.717, 1.165) is 0 Å². The van der Waals surface area contributed by atoms with Crippen LogP contribution in [0.15, 0.2) is 18.2 Å². The molecule has 0 saturated carbocycles. The molecule has 0 radical (unpaired) electrons. The third-order valence-corrected chi connectivity index (χ3v) is 2.21. The zero-order valence-corrected chi connectivity index (χ0v) is 9.07. The average molecular weight is 206 g/mol. The highest BCUT2D eigenvalue weighted by molar-refractivity contribution is 5.92. The maximum Gasteiger partial charge on any atom is 0.338 e. The molecule has 0 aliphatic carbocycles. The fourth-order valence-corrected chi connectivity index (χ4v) is 1.37. The van der Waals surface area contributed by atoms with Gasteiger partial charge in [-0.25, -0.2) is 4.79 Å². The van der Waals surface area contributed by atoms with Gasteiger partial charge in [-0.2, -0.15) is 0 Å². The lowest BCUT2D eigenvalue weighted by molar-refractivity contribution is 0.0599. The Hall–Kier alpha value is -1.77. The van der Waals surface area contributed by atoms with Crippen LogP contribution in [0.3, 0.4) is 0 Å². The van der Waals surface area contributed by atoms with Crippen LogP contribution < -0.4 is 0 Å². The highest BCUT2D eigenvalue weighted by Crippen LogP contribution is 2.26. The van der Waals surface area contributed by atoms with E-state index in [1.807, 2.05) is 13.0 Å². The number of benzene rings is 1. The predicted molar refractivity (Wildman–Crippen MR) is 58.9 cm³/mol. The summed E-state index contributed by atoms with van der Waals surface area (Å²) in [4.78, 5) is 11.3. The van der Waals surface area contributed by atoms with Crippen LogP contribution in [0.2, 0.25) is 0 Å². The summed E-state index contributed by atoms with van der Waals surface area (Å²) in [7, 11) is 1.32. The molecule has 3 nitrogen and oxygen atoms in total. The van der Waals surface area contributed by atoms with Crippen molar-refractivity contribution in [3.63, 3.8) is 0 Å². The number of hydrogen-bond donors (Lipinski definition) is 1. The van der Waals surface area contributed by atoms with Gasteiger partial charge < -0.3 is 9.84 Å². The van der Waals surface area contributed by atoms with Crippen LogP contribution in [0.25, 0.3) is 6.08 Å². The number of phenols is 1. The molecule has 0 aromatic heterocycles. The summed E-state index contributed by atoms with van der Waals surface area (Å²) < 4.78 is 4.60. The molecular formula is C12H14O3. The number of rotatable bonds is 2. The second-order valence-electron chi connectivity index (χ2n) is 3.17. The van der Waals surface area contributed by atoms with E-state index >= 15 is 0 Å². The molecule has 80 valence electrons. The number of allylic oxidation sites excluding steroid dienone is 1. The maximum absolute atomic E-state index is 11.3. The van der Waals surface area contributed by atoms with Gasteiger partial charge in [0, 0.05) is 11.1 Å². The first kappa shape index (κ1) is 11.3. The second-order valence-corrected chi connectivity index (χ2v) is 3.17. The first-order valence-electron chi connectivity index (χ1n) is 4.65. The Labute approximate surface area is 89.0 Å². The molecule has 0 aliphatic rings. The van der Waals surface area contributed by atoms with Crippen LogP contribution in [0.4, 0.5) is 0 Å². The van der Waals surface area contributed by atoms with E-state index < -0.39 is 5.97 Å². The van der Waals surface area contributed by atoms with Gasteiger partial charge in [0.05, 0.1) is 12.7 Å². The summed E-state index contributed by atoms with van der Waals surface area (Å²) in [5.41, 5.74) is 1.63. The highest BCUT2D eigenvalue weighted by atomic mass is 16.5. The fourth-order valence-electron chi connectivity index (χ4n) is 1.37. The first-order valence-corrected chi connectivity index (χ1v) is 4.65. The smallest absolute Gasteiger partial charge is 0.338 e. The summed E-state index contributed by atoms with van der Waals surface area (Å²) >= 11 is 0. The first-order chi connectivity index (χ1) is 7.11. The van der Waals surface area contributed by atoms with Crippen molar-refractivity contribution >= 4 is 12.0 Å². The van der Waals surface area contributed by atoms with Crippen LogP contribution in [0.1, 0.15) is 28.4 Å². The number of methoxy groups -OCH3 is 1. The summed E-state index contributed by atoms with van der Waals surface area (Å²) in [5.74, 6) is -0.314. The lowest BCUT2D eigenvalue weighted by atomic mass is 10.0. The van der Waals surface area contributed by atoms with Crippen molar-refractivity contribution in [2.24, 2.45) is 0 Å². The standard InChI is InChI=1S/C12H14O3/c1-4-5-9-6-7-10(12(14)15-3)8(2)11(9)13/h4-7,13H,1-3H3. The number of carbonyl (C=O) groups is 1. The number of hydrogen-bond acceptors (Lipinski definition) is 3. The molecule has 0 fully saturated rings. The van der Waals surface area contributed by atoms with Crippen LogP contribution in [0.5, 0.6) is 5.75 Å². The van der Waals surface area contributed by atoms with Gasteiger partial charge in [-0.3, -0.25) is 0 Å². The van der Waals surface area contributed by atoms with Gasteiger partial charge in [-0.15, -0.1) is 0 Å². The SMILES string of the molecule is CC=Cc1ccc(C(=O)OC)c(C)c1O. The molecule has 0 aliphatic heterocycles. The molecule has 1 rings (SSSR count). The Kier molecular flexibility index (Phi) is 3.50. The third kappa shape index (κ3) is 2.18. The van der Waals surface area contributed by atoms with Crippen molar-refractivity contribution in [2.45, 2.75) is 13.8 Å². The summed E-state index contributed by atoms with van der Waals surface area (Å²) in [5, 5.41) is 9.79. The molecular weight excluding hydrogens is 192 g/mol. The molecule has 0 heterocycles. The molecule has 3 heteroatoms. The second kappa shape index (κ2) is 4.64. The van der Waals surface area contributed by atoms with E-state index in [1.54, 1.807) is 25.1 Å². The van der Waals surface area contributed by atoms with Gasteiger partial charge in [0.15, 0.2) is 0 Å². The lowest BCUT2D eigenvalue weighted by Crippen LogP contribution is -2.04. The molecule has 1 N–H and O–H groups in total. The van der Waals surface area contributed by atoms with Crippen molar-refractivity contribution in [1.82, 2.24) is 0 Å². The quantitative estimate of drug-likeness (QED) is 0.756. The Morgan fingerprint density at radius 3 is 2.67 bits per heavy atom. The van der Waals surface area contributed by atoms with Gasteiger partial charge in [0.1, 0.15) is 5.75 Å². The number of phenolic OH excluding ortho intramolecular Hbond substituents is 1. The van der Waals surface area contributed by atoms with Crippen LogP contribution >= 0.6 is 0 Å². The van der Waals surface area contributed by atoms with Gasteiger partial charge in [0.2, 0.25) is 0 Å². The molecule has 1 aromatic carbocycles. The third-order valence-electron chi connectivity index (χ3n) is 2.21. The van der Waals surface area contributed by atoms with E-state index in [1.165, 1.54) is 7.11 Å². The molecule has 0 bridgehead atoms. The Morgan fingerprint density at radius 1 is 1.47 bits per heavy atom. The largest absolute Gasteiger partial charge is 0.507 e. The van der Waals surface area contributed by atoms with Crippen molar-refractivity contribution in [3.05, 3.63) is 34.9 Å². The maximum atomic E-state index is 11.3. The summed E-state index contributed by atoms with van der Waals surface area (Å²) in [6.45, 7) is 3.55. The van der Waals surface area contributed by atoms with Crippen LogP contribution in [-0.2, 0) is 4.74 Å². The van der Waals surface area contributed by atoms with E-state index in [9.17, 15) is 9.90 Å². The molecule has 0 amide bonds. The number of ether oxygens (including phenoxy) is 1. The minimum absolute atomic E-state index is 0.121. The van der Waals surface area contributed by atoms with Crippen molar-refractivity contribution in [3.8, 4) is 5.75 Å². The zero-order chi connectivity index (χ0) is 11.4.